The zero-order chi connectivity index (χ0) is 69.4. The molecule has 16 N–H and O–H groups in total. The molecular weight excluding hydrogens is 1280 g/mol. The monoisotopic (exact) mass is 1370 g/mol. The number of aliphatic hydroxyl groups is 2. The molecule has 0 spiro atoms. The van der Waals surface area contributed by atoms with Crippen LogP contribution in [0, 0.1) is 66.1 Å². The van der Waals surface area contributed by atoms with E-state index in [0.29, 0.717) is 56.4 Å². The van der Waals surface area contributed by atoms with Crippen molar-refractivity contribution < 1.29 is 83.8 Å². The molecule has 7 heterocycles. The Labute approximate surface area is 559 Å². The molecule has 7 amide bonds. The number of allylic oxidation sites excluding steroid dienone is 6. The van der Waals surface area contributed by atoms with Crippen molar-refractivity contribution in [2.75, 3.05) is 13.2 Å². The van der Waals surface area contributed by atoms with Crippen LogP contribution in [-0.4, -0.2) is 128 Å². The number of nitrogens with one attached hydrogen (secondary N) is 2. The number of ether oxygens (including phenoxy) is 1. The number of benzene rings is 1. The molecule has 6 aliphatic rings. The number of aromatic amines is 1. The van der Waals surface area contributed by atoms with Crippen LogP contribution in [0.2, 0.25) is 0 Å². The van der Waals surface area contributed by atoms with Gasteiger partial charge >= 0.3 is 16.8 Å². The molecule has 1 aromatic heterocycles. The van der Waals surface area contributed by atoms with E-state index < -0.39 is 143 Å². The van der Waals surface area contributed by atoms with E-state index in [-0.39, 0.29) is 99.8 Å². The second-order valence-corrected chi connectivity index (χ2v) is 28.8. The van der Waals surface area contributed by atoms with Gasteiger partial charge in [-0.1, -0.05) is 47.6 Å². The van der Waals surface area contributed by atoms with Gasteiger partial charge < -0.3 is 85.8 Å². The molecule has 0 radical (unpaired) electrons. The van der Waals surface area contributed by atoms with Gasteiger partial charge in [0, 0.05) is 108 Å². The Morgan fingerprint density at radius 3 is 1.95 bits per heavy atom. The number of H-pyrrole nitrogens is 1. The van der Waals surface area contributed by atoms with Crippen molar-refractivity contribution in [1.82, 2.24) is 15.3 Å². The number of aliphatic hydroxyl groups excluding tert-OH is 2. The van der Waals surface area contributed by atoms with Crippen LogP contribution >= 0.6 is 7.82 Å². The van der Waals surface area contributed by atoms with Crippen LogP contribution < -0.4 is 44.6 Å². The normalized spacial score (nSPS) is 33.0. The maximum Gasteiger partial charge on any atom is 3.00 e. The number of amides is 7. The smallest absolute Gasteiger partial charge is 0.756 e. The molecule has 518 valence electrons. The summed E-state index contributed by atoms with van der Waals surface area (Å²) in [4.78, 5) is 131. The molecule has 94 heavy (non-hydrogen) atoms. The molecule has 2 aromatic rings. The maximum atomic E-state index is 14.3. The third-order valence-corrected chi connectivity index (χ3v) is 21.5. The SMILES string of the molecule is C/C1=C2/[N-]C([C@H](CC(N)=O)[C@@]2(C)CCC(=O)NC[C@H](C)OP(=O)([O-])OC2C(CO)OC(c3nc4cc(C)c(C)cc4[nH]3)C2O)[C@]2(C)N=C(/C(C)=C3N=C(/C=C4N=C1[C@@H](CCC(N)=O)C\4(C)C)C(CCC(N)=O)[C@]\3(C)CC(N)=O)[C@@H](CCC(N)=O)[C@]2(C)CC(N)=O.[CH2-]CC.[Co+3]. The summed E-state index contributed by atoms with van der Waals surface area (Å²) in [6, 6.07) is 2.67. The van der Waals surface area contributed by atoms with E-state index in [0.717, 1.165) is 17.5 Å². The number of carbonyl (C=O) groups excluding carboxylic acids is 7. The molecule has 27 nitrogen and oxygen atoms in total. The number of hydrogen-bond donors (Lipinski definition) is 10. The number of nitrogens with zero attached hydrogens (tertiary/aromatic N) is 5. The Morgan fingerprint density at radius 1 is 0.809 bits per heavy atom. The molecule has 15 atom stereocenters. The van der Waals surface area contributed by atoms with Crippen LogP contribution in [-0.2, 0) is 68.7 Å². The minimum atomic E-state index is -5.32. The van der Waals surface area contributed by atoms with Crippen molar-refractivity contribution in [3.8, 4) is 0 Å². The van der Waals surface area contributed by atoms with Crippen LogP contribution in [0.1, 0.15) is 169 Å². The van der Waals surface area contributed by atoms with Crippen molar-refractivity contribution in [3.05, 3.63) is 75.6 Å². The number of nitrogens with two attached hydrogens (primary N) is 6. The second-order valence-electron chi connectivity index (χ2n) is 27.5. The number of imidazole rings is 1. The predicted octanol–water partition coefficient (Wildman–Crippen LogP) is 4.61. The number of phosphoric acid groups is 1. The molecule has 1 aromatic carbocycles. The van der Waals surface area contributed by atoms with Gasteiger partial charge in [-0.25, -0.2) is 4.98 Å². The molecule has 8 rings (SSSR count). The largest absolute Gasteiger partial charge is 3.00 e. The van der Waals surface area contributed by atoms with Gasteiger partial charge in [-0.15, -0.1) is 0 Å². The van der Waals surface area contributed by atoms with Crippen molar-refractivity contribution in [1.29, 1.82) is 0 Å². The van der Waals surface area contributed by atoms with Crippen molar-refractivity contribution in [2.45, 2.75) is 202 Å². The van der Waals surface area contributed by atoms with Crippen LogP contribution in [0.3, 0.4) is 0 Å². The fourth-order valence-electron chi connectivity index (χ4n) is 15.3. The maximum absolute atomic E-state index is 14.3. The number of carbonyl (C=O) groups is 7. The van der Waals surface area contributed by atoms with E-state index >= 15 is 0 Å². The van der Waals surface area contributed by atoms with Crippen LogP contribution in [0.5, 0.6) is 0 Å². The number of phosphoric ester groups is 1. The Hall–Kier alpha value is -6.49. The number of aromatic nitrogens is 2. The number of aliphatic imine (C=N–C) groups is 3. The quantitative estimate of drug-likeness (QED) is 0.0454. The standard InChI is InChI=1S/C62H90N13O14P.C3H7.Co/c1-28-20-38-39(21-29(28)2)72-57(71-38)53-51(84)52(40(27-76)87-53)89-90(85,86)88-30(3)26-69-48(83)18-19-59(8)36(22-45(66)80)56-62(11)61(10,25-47(68)82)35(14-17-44(65)79)50(75-62)32(5)55-60(9,24-46(67)81)33(12-15-42(63)77)37(70-55)23-41-58(6,7)34(13-16-43(64)78)49(73-41)31(4)54(59)74-56;1-3-2;/h20-21,23,30,33-36,40,51-53,56,76,84H,12-19,22,24-27H2,1-11H3,(H16,63,64,65,66,67,68,69,70,71,72,73,74,75,77,78,79,80,81,82,83,85,86);1,3H2,2H3;/q;-1;+3/p-2/t30-,33?,34+,35+,36-,40?,51?,52?,53?,56?,59+,60-,61-,62-;;/m0../s1. The third-order valence-electron chi connectivity index (χ3n) is 20.4. The Bertz CT molecular complexity index is 3530. The summed E-state index contributed by atoms with van der Waals surface area (Å²) in [5.74, 6) is -7.22. The summed E-state index contributed by atoms with van der Waals surface area (Å²) in [5, 5.41) is 30.0. The van der Waals surface area contributed by atoms with E-state index in [1.54, 1.807) is 6.92 Å². The Kier molecular flexibility index (Phi) is 24.0. The van der Waals surface area contributed by atoms with E-state index in [1.807, 2.05) is 87.4 Å². The Balaban J connectivity index is 0.00000343. The summed E-state index contributed by atoms with van der Waals surface area (Å²) in [6.07, 6.45) is -5.27. The van der Waals surface area contributed by atoms with Gasteiger partial charge in [0.05, 0.1) is 35.0 Å². The molecule has 2 saturated heterocycles. The zero-order valence-corrected chi connectivity index (χ0v) is 57.8. The second kappa shape index (κ2) is 29.5. The summed E-state index contributed by atoms with van der Waals surface area (Å²) < 4.78 is 30.2. The van der Waals surface area contributed by atoms with Gasteiger partial charge in [0.15, 0.2) is 0 Å². The number of rotatable bonds is 26. The first-order valence-electron chi connectivity index (χ1n) is 31.7. The number of hydrogen-bond acceptors (Lipinski definition) is 18. The van der Waals surface area contributed by atoms with Crippen LogP contribution in [0.4, 0.5) is 0 Å². The number of aryl methyl sites for hydroxylation is 2. The first kappa shape index (κ1) is 76.5. The summed E-state index contributed by atoms with van der Waals surface area (Å²) >= 11 is 0. The van der Waals surface area contributed by atoms with E-state index in [2.05, 4.69) is 22.2 Å². The van der Waals surface area contributed by atoms with Gasteiger partial charge in [0.25, 0.3) is 7.82 Å². The van der Waals surface area contributed by atoms with Crippen LogP contribution in [0.25, 0.3) is 16.4 Å². The van der Waals surface area contributed by atoms with E-state index in [4.69, 9.17) is 68.5 Å². The molecule has 0 saturated carbocycles. The molecule has 0 aliphatic carbocycles. The molecule has 29 heteroatoms. The van der Waals surface area contributed by atoms with Gasteiger partial charge in [0.1, 0.15) is 30.2 Å². The topological polar surface area (TPSA) is 476 Å². The Morgan fingerprint density at radius 2 is 1.38 bits per heavy atom. The van der Waals surface area contributed by atoms with E-state index in [1.165, 1.54) is 6.92 Å². The fourth-order valence-corrected chi connectivity index (χ4v) is 16.4. The molecule has 8 bridgehead atoms. The van der Waals surface area contributed by atoms with Crippen molar-refractivity contribution in [3.63, 3.8) is 0 Å². The molecule has 2 fully saturated rings. The molecule has 7 unspecified atom stereocenters. The zero-order valence-electron chi connectivity index (χ0n) is 55.9. The summed E-state index contributed by atoms with van der Waals surface area (Å²) in [5.41, 5.74) is 36.7. The minimum Gasteiger partial charge on any atom is -0.756 e. The number of fused-ring (bicyclic) bond motifs is 7. The van der Waals surface area contributed by atoms with Gasteiger partial charge in [-0.05, 0) is 119 Å². The fraction of sp³-hybridized carbons (Fsp3) is 0.631. The first-order chi connectivity index (χ1) is 43.2. The van der Waals surface area contributed by atoms with Crippen molar-refractivity contribution >= 4 is 77.3 Å². The van der Waals surface area contributed by atoms with E-state index in [9.17, 15) is 53.2 Å². The van der Waals surface area contributed by atoms with Crippen LogP contribution in [0.15, 0.2) is 61.4 Å². The van der Waals surface area contributed by atoms with Gasteiger partial charge in [-0.2, -0.15) is 12.1 Å². The average Bonchev–Trinajstić information content (AvgIpc) is 1.53. The molecule has 6 aliphatic heterocycles. The summed E-state index contributed by atoms with van der Waals surface area (Å²) in [6.45, 7) is 24.5. The first-order valence-corrected chi connectivity index (χ1v) is 33.2. The van der Waals surface area contributed by atoms with Gasteiger partial charge in [0.2, 0.25) is 41.4 Å². The average molecular weight is 1370 g/mol. The minimum absolute atomic E-state index is 0. The van der Waals surface area contributed by atoms with Crippen molar-refractivity contribution in [2.24, 2.45) is 94.7 Å². The predicted molar refractivity (Wildman–Crippen MR) is 347 cm³/mol. The van der Waals surface area contributed by atoms with Gasteiger partial charge in [-0.3, -0.25) is 53.1 Å². The number of primary amides is 6. The molecular formula is C65H95CoN13O14P. The summed E-state index contributed by atoms with van der Waals surface area (Å²) in [7, 11) is -5.32. The third kappa shape index (κ3) is 15.3.